The first-order valence-corrected chi connectivity index (χ1v) is 6.78. The van der Waals surface area contributed by atoms with Gasteiger partial charge >= 0.3 is 0 Å². The lowest BCUT2D eigenvalue weighted by molar-refractivity contribution is 0.0691. The third-order valence-electron chi connectivity index (χ3n) is 3.61. The fourth-order valence-corrected chi connectivity index (χ4v) is 2.65. The topological polar surface area (TPSA) is 32.3 Å². The summed E-state index contributed by atoms with van der Waals surface area (Å²) in [6.45, 7) is 2.60. The van der Waals surface area contributed by atoms with Gasteiger partial charge in [-0.05, 0) is 37.1 Å². The number of rotatable bonds is 1. The maximum Gasteiger partial charge on any atom is 0.253 e. The molecular weight excluding hydrogens is 316 g/mol. The molecule has 1 saturated heterocycles. The molecule has 1 N–H and O–H groups in total. The van der Waals surface area contributed by atoms with Crippen LogP contribution in [0.2, 0.25) is 0 Å². The number of hydrogen-bond acceptors (Lipinski definition) is 2. The van der Waals surface area contributed by atoms with Crippen molar-refractivity contribution in [3.8, 4) is 0 Å². The van der Waals surface area contributed by atoms with Gasteiger partial charge in [0.1, 0.15) is 0 Å². The number of hydrogen-bond donors (Lipinski definition) is 1. The Hall–Kier alpha value is -0.580. The van der Waals surface area contributed by atoms with Gasteiger partial charge in [0.25, 0.3) is 5.91 Å². The molecule has 1 aromatic rings. The van der Waals surface area contributed by atoms with E-state index in [0.717, 1.165) is 29.7 Å². The summed E-state index contributed by atoms with van der Waals surface area (Å²) in [6, 6.07) is 7.60. The summed E-state index contributed by atoms with van der Waals surface area (Å²) in [5, 5.41) is 3.51. The SMILES string of the molecule is Cl.O=C(c1ccc(Br)cc1)N1CCNC2(CC2)C1. The monoisotopic (exact) mass is 330 g/mol. The molecule has 1 aliphatic carbocycles. The van der Waals surface area contributed by atoms with Crippen LogP contribution < -0.4 is 5.32 Å². The largest absolute Gasteiger partial charge is 0.336 e. The van der Waals surface area contributed by atoms with Crippen LogP contribution in [-0.2, 0) is 0 Å². The first-order valence-electron chi connectivity index (χ1n) is 5.98. The highest BCUT2D eigenvalue weighted by molar-refractivity contribution is 9.10. The smallest absolute Gasteiger partial charge is 0.253 e. The molecule has 1 spiro atoms. The van der Waals surface area contributed by atoms with Crippen LogP contribution in [-0.4, -0.2) is 36.0 Å². The number of piperazine rings is 1. The Morgan fingerprint density at radius 1 is 1.28 bits per heavy atom. The third-order valence-corrected chi connectivity index (χ3v) is 4.14. The Kier molecular flexibility index (Phi) is 3.99. The Labute approximate surface area is 121 Å². The van der Waals surface area contributed by atoms with Crippen molar-refractivity contribution in [3.63, 3.8) is 0 Å². The molecule has 0 radical (unpaired) electrons. The molecule has 1 heterocycles. The second-order valence-corrected chi connectivity index (χ2v) is 5.86. The molecule has 2 fully saturated rings. The zero-order valence-electron chi connectivity index (χ0n) is 9.99. The van der Waals surface area contributed by atoms with Gasteiger partial charge in [0, 0.05) is 35.2 Å². The average molecular weight is 332 g/mol. The van der Waals surface area contributed by atoms with Gasteiger partial charge in [-0.1, -0.05) is 15.9 Å². The molecule has 2 aliphatic rings. The Morgan fingerprint density at radius 3 is 2.56 bits per heavy atom. The molecule has 0 atom stereocenters. The molecule has 3 nitrogen and oxygen atoms in total. The number of nitrogens with zero attached hydrogens (tertiary/aromatic N) is 1. The molecule has 0 aromatic heterocycles. The highest BCUT2D eigenvalue weighted by atomic mass is 79.9. The van der Waals surface area contributed by atoms with Gasteiger partial charge in [0.05, 0.1) is 0 Å². The fraction of sp³-hybridized carbons (Fsp3) is 0.462. The van der Waals surface area contributed by atoms with Gasteiger partial charge in [0.2, 0.25) is 0 Å². The van der Waals surface area contributed by atoms with E-state index in [-0.39, 0.29) is 23.9 Å². The number of nitrogens with one attached hydrogen (secondary N) is 1. The maximum absolute atomic E-state index is 12.3. The van der Waals surface area contributed by atoms with Gasteiger partial charge in [0.15, 0.2) is 0 Å². The molecule has 18 heavy (non-hydrogen) atoms. The second-order valence-electron chi connectivity index (χ2n) is 4.94. The van der Waals surface area contributed by atoms with Crippen LogP contribution in [0.5, 0.6) is 0 Å². The number of benzene rings is 1. The minimum atomic E-state index is 0. The van der Waals surface area contributed by atoms with E-state index < -0.39 is 0 Å². The summed E-state index contributed by atoms with van der Waals surface area (Å²) in [5.74, 6) is 0.158. The lowest BCUT2D eigenvalue weighted by Gasteiger charge is -2.34. The van der Waals surface area contributed by atoms with Crippen LogP contribution in [0, 0.1) is 0 Å². The number of halogens is 2. The summed E-state index contributed by atoms with van der Waals surface area (Å²) >= 11 is 3.38. The Bertz CT molecular complexity index is 445. The van der Waals surface area contributed by atoms with Crippen LogP contribution in [0.15, 0.2) is 28.7 Å². The van der Waals surface area contributed by atoms with Crippen molar-refractivity contribution in [1.82, 2.24) is 10.2 Å². The van der Waals surface area contributed by atoms with E-state index in [4.69, 9.17) is 0 Å². The molecule has 1 aromatic carbocycles. The molecule has 0 unspecified atom stereocenters. The summed E-state index contributed by atoms with van der Waals surface area (Å²) in [6.07, 6.45) is 2.41. The molecule has 5 heteroatoms. The number of carbonyl (C=O) groups is 1. The Morgan fingerprint density at radius 2 is 1.94 bits per heavy atom. The summed E-state index contributed by atoms with van der Waals surface area (Å²) in [5.41, 5.74) is 1.04. The van der Waals surface area contributed by atoms with Crippen molar-refractivity contribution >= 4 is 34.2 Å². The van der Waals surface area contributed by atoms with Crippen molar-refractivity contribution in [1.29, 1.82) is 0 Å². The molecule has 1 aliphatic heterocycles. The molecule has 0 bridgehead atoms. The minimum absolute atomic E-state index is 0. The molecule has 3 rings (SSSR count). The van der Waals surface area contributed by atoms with Crippen LogP contribution in [0.25, 0.3) is 0 Å². The molecule has 1 amide bonds. The van der Waals surface area contributed by atoms with Crippen LogP contribution >= 0.6 is 28.3 Å². The van der Waals surface area contributed by atoms with Gasteiger partial charge in [-0.25, -0.2) is 0 Å². The zero-order valence-corrected chi connectivity index (χ0v) is 12.4. The number of amides is 1. The van der Waals surface area contributed by atoms with Crippen LogP contribution in [0.3, 0.4) is 0 Å². The highest BCUT2D eigenvalue weighted by Gasteiger charge is 2.46. The standard InChI is InChI=1S/C13H15BrN2O.ClH/c14-11-3-1-10(2-4-11)12(17)16-8-7-15-13(9-16)5-6-13;/h1-4,15H,5-9H2;1H. The fourth-order valence-electron chi connectivity index (χ4n) is 2.39. The predicted molar refractivity (Wildman–Crippen MR) is 77.3 cm³/mol. The van der Waals surface area contributed by atoms with Crippen molar-refractivity contribution < 1.29 is 4.79 Å². The van der Waals surface area contributed by atoms with Gasteiger partial charge in [-0.3, -0.25) is 4.79 Å². The van der Waals surface area contributed by atoms with Crippen LogP contribution in [0.4, 0.5) is 0 Å². The summed E-state index contributed by atoms with van der Waals surface area (Å²) < 4.78 is 1.01. The number of carbonyl (C=O) groups excluding carboxylic acids is 1. The van der Waals surface area contributed by atoms with Gasteiger partial charge in [-0.15, -0.1) is 12.4 Å². The van der Waals surface area contributed by atoms with Crippen LogP contribution in [0.1, 0.15) is 23.2 Å². The predicted octanol–water partition coefficient (Wildman–Crippen LogP) is 2.45. The minimum Gasteiger partial charge on any atom is -0.336 e. The molecule has 98 valence electrons. The van der Waals surface area contributed by atoms with Crippen molar-refractivity contribution in [2.24, 2.45) is 0 Å². The van der Waals surface area contributed by atoms with E-state index in [9.17, 15) is 4.79 Å². The van der Waals surface area contributed by atoms with E-state index >= 15 is 0 Å². The van der Waals surface area contributed by atoms with Crippen molar-refractivity contribution in [3.05, 3.63) is 34.3 Å². The normalized spacial score (nSPS) is 20.4. The third kappa shape index (κ3) is 2.71. The zero-order chi connectivity index (χ0) is 11.9. The average Bonchev–Trinajstić information content (AvgIpc) is 3.08. The lowest BCUT2D eigenvalue weighted by atomic mass is 10.1. The first-order chi connectivity index (χ1) is 8.19. The summed E-state index contributed by atoms with van der Waals surface area (Å²) in [7, 11) is 0. The summed E-state index contributed by atoms with van der Waals surface area (Å²) in [4.78, 5) is 14.3. The quantitative estimate of drug-likeness (QED) is 0.857. The molecular formula is C13H16BrClN2O. The second kappa shape index (κ2) is 5.19. The lowest BCUT2D eigenvalue weighted by Crippen LogP contribution is -2.54. The van der Waals surface area contributed by atoms with Crippen molar-refractivity contribution in [2.45, 2.75) is 18.4 Å². The van der Waals surface area contributed by atoms with E-state index in [2.05, 4.69) is 21.2 Å². The highest BCUT2D eigenvalue weighted by Crippen LogP contribution is 2.37. The maximum atomic E-state index is 12.3. The first kappa shape index (κ1) is 13.8. The van der Waals surface area contributed by atoms with E-state index in [1.807, 2.05) is 29.2 Å². The molecule has 1 saturated carbocycles. The van der Waals surface area contributed by atoms with E-state index in [1.165, 1.54) is 12.8 Å². The van der Waals surface area contributed by atoms with Crippen molar-refractivity contribution in [2.75, 3.05) is 19.6 Å². The van der Waals surface area contributed by atoms with E-state index in [1.54, 1.807) is 0 Å². The van der Waals surface area contributed by atoms with E-state index in [0.29, 0.717) is 0 Å². The van der Waals surface area contributed by atoms with Gasteiger partial charge in [-0.2, -0.15) is 0 Å². The van der Waals surface area contributed by atoms with Gasteiger partial charge < -0.3 is 10.2 Å². The Balaban J connectivity index is 0.00000120.